The van der Waals surface area contributed by atoms with E-state index < -0.39 is 88.5 Å². The van der Waals surface area contributed by atoms with Crippen molar-refractivity contribution in [3.8, 4) is 0 Å². The van der Waals surface area contributed by atoms with Crippen LogP contribution in [0.1, 0.15) is 74.7 Å². The first-order valence-electron chi connectivity index (χ1n) is 14.2. The van der Waals surface area contributed by atoms with Crippen LogP contribution >= 0.6 is 0 Å². The Morgan fingerprint density at radius 1 is 0.976 bits per heavy atom. The highest BCUT2D eigenvalue weighted by Gasteiger charge is 2.88. The van der Waals surface area contributed by atoms with Crippen molar-refractivity contribution in [1.29, 1.82) is 0 Å². The Morgan fingerprint density at radius 2 is 1.57 bits per heavy atom. The predicted molar refractivity (Wildman–Crippen MR) is 143 cm³/mol. The van der Waals surface area contributed by atoms with Gasteiger partial charge in [0.05, 0.1) is 0 Å². The van der Waals surface area contributed by atoms with Crippen LogP contribution in [0.4, 0.5) is 0 Å². The highest BCUT2D eigenvalue weighted by Crippen LogP contribution is 2.65. The van der Waals surface area contributed by atoms with E-state index in [1.54, 1.807) is 32.9 Å². The molecule has 0 aromatic heterocycles. The second kappa shape index (κ2) is 10.8. The lowest BCUT2D eigenvalue weighted by Gasteiger charge is -2.55. The van der Waals surface area contributed by atoms with Crippen molar-refractivity contribution in [2.75, 3.05) is 0 Å². The summed E-state index contributed by atoms with van der Waals surface area (Å²) in [5, 5.41) is 12.4. The number of hydrogen-bond acceptors (Lipinski definition) is 12. The molecule has 2 aliphatic heterocycles. The highest BCUT2D eigenvalue weighted by molar-refractivity contribution is 5.89. The lowest BCUT2D eigenvalue weighted by molar-refractivity contribution is -0.228. The lowest BCUT2D eigenvalue weighted by atomic mass is 9.55. The van der Waals surface area contributed by atoms with E-state index >= 15 is 0 Å². The third-order valence-corrected chi connectivity index (χ3v) is 8.88. The number of ether oxygens (including phenoxy) is 6. The number of rotatable bonds is 6. The lowest BCUT2D eigenvalue weighted by Crippen LogP contribution is -2.68. The third-order valence-electron chi connectivity index (χ3n) is 8.88. The van der Waals surface area contributed by atoms with Crippen molar-refractivity contribution in [1.82, 2.24) is 0 Å². The van der Waals surface area contributed by atoms with E-state index in [9.17, 15) is 29.1 Å². The summed E-state index contributed by atoms with van der Waals surface area (Å²) in [6.07, 6.45) is -0.548. The number of esters is 5. The fraction of sp³-hybridized carbons (Fsp3) is 0.700. The minimum absolute atomic E-state index is 0.0732. The van der Waals surface area contributed by atoms with Gasteiger partial charge in [-0.05, 0) is 39.3 Å². The maximum absolute atomic E-state index is 13.1. The Balaban J connectivity index is 2.03. The van der Waals surface area contributed by atoms with Crippen LogP contribution in [0.15, 0.2) is 23.8 Å². The van der Waals surface area contributed by atoms with Crippen LogP contribution in [0.3, 0.4) is 0 Å². The molecule has 0 unspecified atom stereocenters. The Hall–Kier alpha value is -3.25. The summed E-state index contributed by atoms with van der Waals surface area (Å²) in [4.78, 5) is 63.3. The second-order valence-corrected chi connectivity index (χ2v) is 12.3. The van der Waals surface area contributed by atoms with Gasteiger partial charge in [0, 0.05) is 44.9 Å². The van der Waals surface area contributed by atoms with E-state index in [0.29, 0.717) is 12.0 Å². The van der Waals surface area contributed by atoms with Crippen LogP contribution in [-0.2, 0) is 52.4 Å². The van der Waals surface area contributed by atoms with Gasteiger partial charge in [-0.1, -0.05) is 25.5 Å². The minimum atomic E-state index is -2.00. The van der Waals surface area contributed by atoms with Gasteiger partial charge in [0.2, 0.25) is 0 Å². The largest absolute Gasteiger partial charge is 0.459 e. The molecule has 0 bridgehead atoms. The molecule has 2 heterocycles. The van der Waals surface area contributed by atoms with Crippen molar-refractivity contribution in [3.05, 3.63) is 23.8 Å². The molecule has 1 N–H and O–H groups in total. The van der Waals surface area contributed by atoms with E-state index in [1.807, 2.05) is 0 Å². The molecule has 4 aliphatic rings. The van der Waals surface area contributed by atoms with Gasteiger partial charge in [-0.2, -0.15) is 0 Å². The van der Waals surface area contributed by atoms with Gasteiger partial charge in [-0.15, -0.1) is 0 Å². The van der Waals surface area contributed by atoms with Crippen LogP contribution in [0.2, 0.25) is 0 Å². The average Bonchev–Trinajstić information content (AvgIpc) is 3.44. The van der Waals surface area contributed by atoms with Crippen molar-refractivity contribution < 1.29 is 57.5 Å². The molecule has 42 heavy (non-hydrogen) atoms. The molecule has 0 aromatic carbocycles. The number of aliphatic hydroxyl groups is 1. The minimum Gasteiger partial charge on any atom is -0.459 e. The van der Waals surface area contributed by atoms with Gasteiger partial charge in [0.1, 0.15) is 30.0 Å². The van der Waals surface area contributed by atoms with Crippen LogP contribution in [-0.4, -0.2) is 82.3 Å². The van der Waals surface area contributed by atoms with Crippen LogP contribution in [0.5, 0.6) is 0 Å². The molecule has 0 radical (unpaired) electrons. The summed E-state index contributed by atoms with van der Waals surface area (Å²) in [7, 11) is 0. The zero-order valence-electron chi connectivity index (χ0n) is 25.3. The van der Waals surface area contributed by atoms with Crippen molar-refractivity contribution in [3.63, 3.8) is 0 Å². The first kappa shape index (κ1) is 31.7. The molecular weight excluding hydrogens is 552 g/mol. The van der Waals surface area contributed by atoms with E-state index in [-0.39, 0.29) is 12.8 Å². The molecule has 10 atom stereocenters. The zero-order chi connectivity index (χ0) is 31.4. The monoisotopic (exact) mass is 592 g/mol. The summed E-state index contributed by atoms with van der Waals surface area (Å²) in [6.45, 7) is 11.7. The Bertz CT molecular complexity index is 1230. The Labute approximate surface area is 244 Å². The third kappa shape index (κ3) is 5.02. The molecule has 1 spiro atoms. The zero-order valence-corrected chi connectivity index (χ0v) is 25.3. The van der Waals surface area contributed by atoms with Gasteiger partial charge in [-0.3, -0.25) is 19.2 Å². The van der Waals surface area contributed by atoms with Crippen molar-refractivity contribution in [2.45, 2.75) is 122 Å². The Kier molecular flexibility index (Phi) is 8.14. The quantitative estimate of drug-likeness (QED) is 0.207. The first-order chi connectivity index (χ1) is 19.4. The van der Waals surface area contributed by atoms with E-state index in [2.05, 4.69) is 0 Å². The molecule has 4 rings (SSSR count). The number of carbonyl (C=O) groups excluding carboxylic acids is 5. The fourth-order valence-corrected chi connectivity index (χ4v) is 7.11. The number of fused-ring (bicyclic) bond motifs is 1. The molecular formula is C30H40O12. The molecule has 0 amide bonds. The van der Waals surface area contributed by atoms with Crippen LogP contribution < -0.4 is 0 Å². The Morgan fingerprint density at radius 3 is 2.12 bits per heavy atom. The van der Waals surface area contributed by atoms with Crippen LogP contribution in [0, 0.1) is 11.3 Å². The fourth-order valence-electron chi connectivity index (χ4n) is 7.11. The van der Waals surface area contributed by atoms with Gasteiger partial charge < -0.3 is 33.5 Å². The molecule has 232 valence electrons. The van der Waals surface area contributed by atoms with E-state index in [4.69, 9.17) is 28.4 Å². The smallest absolute Gasteiger partial charge is 0.342 e. The number of carbonyl (C=O) groups is 5. The van der Waals surface area contributed by atoms with Crippen LogP contribution in [0.25, 0.3) is 0 Å². The molecule has 0 aromatic rings. The summed E-state index contributed by atoms with van der Waals surface area (Å²) in [5.74, 6) is -4.57. The molecule has 2 fully saturated rings. The maximum atomic E-state index is 13.1. The first-order valence-corrected chi connectivity index (χ1v) is 14.2. The van der Waals surface area contributed by atoms with Gasteiger partial charge in [0.15, 0.2) is 17.3 Å². The molecule has 2 saturated heterocycles. The van der Waals surface area contributed by atoms with Gasteiger partial charge in [0.25, 0.3) is 0 Å². The summed E-state index contributed by atoms with van der Waals surface area (Å²) < 4.78 is 35.1. The van der Waals surface area contributed by atoms with Gasteiger partial charge in [-0.25, -0.2) is 4.79 Å². The highest BCUT2D eigenvalue weighted by atomic mass is 16.7. The number of hydrogen-bond donors (Lipinski definition) is 1. The summed E-state index contributed by atoms with van der Waals surface area (Å²) in [6, 6.07) is 0. The van der Waals surface area contributed by atoms with Crippen molar-refractivity contribution in [2.24, 2.45) is 11.3 Å². The van der Waals surface area contributed by atoms with Crippen molar-refractivity contribution >= 4 is 29.8 Å². The average molecular weight is 593 g/mol. The van der Waals surface area contributed by atoms with E-state index in [1.165, 1.54) is 40.7 Å². The van der Waals surface area contributed by atoms with Gasteiger partial charge >= 0.3 is 29.8 Å². The maximum Gasteiger partial charge on any atom is 0.342 e. The predicted octanol–water partition coefficient (Wildman–Crippen LogP) is 2.24. The molecule has 12 nitrogen and oxygen atoms in total. The molecule has 0 saturated carbocycles. The topological polar surface area (TPSA) is 164 Å². The van der Waals surface area contributed by atoms with E-state index in [0.717, 1.165) is 0 Å². The number of epoxide rings is 1. The molecule has 12 heteroatoms. The molecule has 2 aliphatic carbocycles. The summed E-state index contributed by atoms with van der Waals surface area (Å²) >= 11 is 0. The normalized spacial score (nSPS) is 43.3. The SMILES string of the molecule is CCCC(=O)O[C@@H]1C=C[C@]2(C)[C@H](OC(C)=O)[C@@H](OC(C)=O)C/C(C)=C\[C@@H]3OC(=O)[C@]4(C)O[C@]34[C@H](OC(C)=O)[C@H]2[C@@]1(C)O. The summed E-state index contributed by atoms with van der Waals surface area (Å²) in [5.41, 5.74) is -5.94. The second-order valence-electron chi connectivity index (χ2n) is 12.3. The standard InChI is InChI=1S/C30H40O12/c1-9-10-22(34)40-20-11-12-27(6)23(28(20,7)36)25(39-18(5)33)30-21(41-26(35)29(30,8)42-30)14-15(2)13-19(37-16(3)31)24(27)38-17(4)32/h11-12,14,19-21,23-25,36H,9-10,13H2,1-8H3/b15-14-/t19-,20+,21-,23+,24+,25+,27-,28-,29-,30-/m0/s1.